The van der Waals surface area contributed by atoms with Crippen LogP contribution in [0.25, 0.3) is 0 Å². The van der Waals surface area contributed by atoms with Crippen molar-refractivity contribution < 1.29 is 17.9 Å². The molecule has 1 aliphatic rings. The van der Waals surface area contributed by atoms with E-state index >= 15 is 0 Å². The molecule has 30 heavy (non-hydrogen) atoms. The first-order valence-corrected chi connectivity index (χ1v) is 11.2. The second-order valence-corrected chi connectivity index (χ2v) is 9.43. The number of rotatable bonds is 6. The van der Waals surface area contributed by atoms with Crippen molar-refractivity contribution in [3.8, 4) is 5.75 Å². The third kappa shape index (κ3) is 4.91. The molecule has 3 rings (SSSR count). The predicted molar refractivity (Wildman–Crippen MR) is 113 cm³/mol. The van der Waals surface area contributed by atoms with E-state index in [1.165, 1.54) is 10.6 Å². The van der Waals surface area contributed by atoms with Crippen LogP contribution in [0.4, 0.5) is 0 Å². The van der Waals surface area contributed by atoms with E-state index in [2.05, 4.69) is 4.72 Å². The molecule has 2 heterocycles. The number of nitrogens with one attached hydrogen (secondary N) is 1. The summed E-state index contributed by atoms with van der Waals surface area (Å²) < 4.78 is 35.0. The summed E-state index contributed by atoms with van der Waals surface area (Å²) in [5.74, 6) is 0.167. The van der Waals surface area contributed by atoms with Crippen LogP contribution in [-0.4, -0.2) is 49.5 Å². The van der Waals surface area contributed by atoms with E-state index in [9.17, 15) is 18.0 Å². The van der Waals surface area contributed by atoms with Crippen LogP contribution < -0.4 is 15.0 Å². The minimum atomic E-state index is -3.78. The summed E-state index contributed by atoms with van der Waals surface area (Å²) in [4.78, 5) is 26.2. The van der Waals surface area contributed by atoms with Gasteiger partial charge in [-0.25, -0.2) is 13.1 Å². The summed E-state index contributed by atoms with van der Waals surface area (Å²) in [6, 6.07) is 8.38. The number of ether oxygens (including phenoxy) is 1. The van der Waals surface area contributed by atoms with Crippen LogP contribution >= 0.6 is 0 Å². The molecule has 9 heteroatoms. The number of hydrogen-bond acceptors (Lipinski definition) is 5. The SMILES string of the molecule is Cc1ccc(C)c(S(=O)(=O)NCC(=O)N2CC[C@@H](Oc3cc(C)n(C)c(=O)c3)C2)c1. The van der Waals surface area contributed by atoms with Gasteiger partial charge in [-0.3, -0.25) is 9.59 Å². The molecule has 0 unspecified atom stereocenters. The van der Waals surface area contributed by atoms with Crippen molar-refractivity contribution in [2.45, 2.75) is 38.2 Å². The smallest absolute Gasteiger partial charge is 0.254 e. The summed E-state index contributed by atoms with van der Waals surface area (Å²) in [5.41, 5.74) is 2.08. The summed E-state index contributed by atoms with van der Waals surface area (Å²) in [6.07, 6.45) is 0.375. The third-order valence-electron chi connectivity index (χ3n) is 5.32. The number of amides is 1. The second kappa shape index (κ2) is 8.61. The molecule has 1 aromatic carbocycles. The number of carbonyl (C=O) groups is 1. The standard InChI is InChI=1S/C21H27N3O5S/c1-14-5-6-15(2)19(9-14)30(27,28)22-12-21(26)24-8-7-17(13-24)29-18-10-16(3)23(4)20(25)11-18/h5-6,9-11,17,22H,7-8,12-13H2,1-4H3/t17-/m1/s1. The van der Waals surface area contributed by atoms with Gasteiger partial charge in [0.15, 0.2) is 0 Å². The largest absolute Gasteiger partial charge is 0.488 e. The van der Waals surface area contributed by atoms with Crippen molar-refractivity contribution in [1.82, 2.24) is 14.2 Å². The van der Waals surface area contributed by atoms with Gasteiger partial charge in [-0.15, -0.1) is 0 Å². The van der Waals surface area contributed by atoms with Crippen LogP contribution in [0.3, 0.4) is 0 Å². The summed E-state index contributed by atoms with van der Waals surface area (Å²) in [5, 5.41) is 0. The number of sulfonamides is 1. The van der Waals surface area contributed by atoms with E-state index in [1.807, 2.05) is 19.9 Å². The Morgan fingerprint density at radius 3 is 2.63 bits per heavy atom. The van der Waals surface area contributed by atoms with Crippen molar-refractivity contribution in [3.05, 3.63) is 57.5 Å². The Balaban J connectivity index is 1.58. The van der Waals surface area contributed by atoms with Crippen LogP contribution in [0.5, 0.6) is 5.75 Å². The molecule has 1 saturated heterocycles. The van der Waals surface area contributed by atoms with E-state index in [4.69, 9.17) is 4.74 Å². The van der Waals surface area contributed by atoms with Crippen molar-refractivity contribution >= 4 is 15.9 Å². The zero-order chi connectivity index (χ0) is 22.1. The molecule has 1 aliphatic heterocycles. The van der Waals surface area contributed by atoms with E-state index < -0.39 is 10.0 Å². The van der Waals surface area contributed by atoms with Gasteiger partial charge in [-0.2, -0.15) is 0 Å². The molecule has 0 aliphatic carbocycles. The lowest BCUT2D eigenvalue weighted by Crippen LogP contribution is -2.39. The highest BCUT2D eigenvalue weighted by Gasteiger charge is 2.29. The fourth-order valence-corrected chi connectivity index (χ4v) is 4.69. The van der Waals surface area contributed by atoms with Gasteiger partial charge in [0.1, 0.15) is 11.9 Å². The van der Waals surface area contributed by atoms with E-state index in [0.29, 0.717) is 30.8 Å². The highest BCUT2D eigenvalue weighted by atomic mass is 32.2. The van der Waals surface area contributed by atoms with Crippen LogP contribution in [0.1, 0.15) is 23.2 Å². The second-order valence-electron chi connectivity index (χ2n) is 7.69. The number of carbonyl (C=O) groups excluding carboxylic acids is 1. The predicted octanol–water partition coefficient (Wildman–Crippen LogP) is 1.27. The molecular formula is C21H27N3O5S. The number of nitrogens with zero attached hydrogens (tertiary/aromatic N) is 2. The molecule has 0 radical (unpaired) electrons. The lowest BCUT2D eigenvalue weighted by molar-refractivity contribution is -0.129. The maximum Gasteiger partial charge on any atom is 0.254 e. The van der Waals surface area contributed by atoms with Gasteiger partial charge < -0.3 is 14.2 Å². The topological polar surface area (TPSA) is 97.7 Å². The quantitative estimate of drug-likeness (QED) is 0.740. The zero-order valence-corrected chi connectivity index (χ0v) is 18.5. The Bertz CT molecular complexity index is 1120. The summed E-state index contributed by atoms with van der Waals surface area (Å²) in [7, 11) is -2.09. The fourth-order valence-electron chi connectivity index (χ4n) is 3.39. The van der Waals surface area contributed by atoms with Gasteiger partial charge in [0.05, 0.1) is 18.0 Å². The highest BCUT2D eigenvalue weighted by molar-refractivity contribution is 7.89. The molecular weight excluding hydrogens is 406 g/mol. The number of benzene rings is 1. The fraction of sp³-hybridized carbons (Fsp3) is 0.429. The zero-order valence-electron chi connectivity index (χ0n) is 17.6. The van der Waals surface area contributed by atoms with Gasteiger partial charge in [-0.1, -0.05) is 12.1 Å². The van der Waals surface area contributed by atoms with Crippen molar-refractivity contribution in [3.63, 3.8) is 0 Å². The van der Waals surface area contributed by atoms with Crippen LogP contribution in [0.15, 0.2) is 40.0 Å². The highest BCUT2D eigenvalue weighted by Crippen LogP contribution is 2.19. The molecule has 8 nitrogen and oxygen atoms in total. The number of aryl methyl sites for hydroxylation is 3. The Kier molecular flexibility index (Phi) is 6.33. The molecule has 0 spiro atoms. The van der Waals surface area contributed by atoms with Gasteiger partial charge >= 0.3 is 0 Å². The molecule has 1 N–H and O–H groups in total. The van der Waals surface area contributed by atoms with Gasteiger partial charge in [0.2, 0.25) is 15.9 Å². The Morgan fingerprint density at radius 1 is 1.20 bits per heavy atom. The lowest BCUT2D eigenvalue weighted by atomic mass is 10.2. The molecule has 1 amide bonds. The third-order valence-corrected chi connectivity index (χ3v) is 6.87. The van der Waals surface area contributed by atoms with Crippen LogP contribution in [0.2, 0.25) is 0 Å². The van der Waals surface area contributed by atoms with E-state index in [-0.39, 0.29) is 29.0 Å². The normalized spacial score (nSPS) is 16.7. The monoisotopic (exact) mass is 433 g/mol. The number of hydrogen-bond donors (Lipinski definition) is 1. The number of aromatic nitrogens is 1. The Hall–Kier alpha value is -2.65. The van der Waals surface area contributed by atoms with Crippen molar-refractivity contribution in [2.24, 2.45) is 7.05 Å². The first kappa shape index (κ1) is 22.0. The summed E-state index contributed by atoms with van der Waals surface area (Å²) in [6.45, 7) is 5.86. The minimum Gasteiger partial charge on any atom is -0.488 e. The summed E-state index contributed by atoms with van der Waals surface area (Å²) >= 11 is 0. The molecule has 0 saturated carbocycles. The van der Waals surface area contributed by atoms with Gasteiger partial charge in [0.25, 0.3) is 5.56 Å². The Morgan fingerprint density at radius 2 is 1.93 bits per heavy atom. The van der Waals surface area contributed by atoms with Crippen LogP contribution in [0, 0.1) is 20.8 Å². The first-order chi connectivity index (χ1) is 14.1. The maximum atomic E-state index is 12.6. The molecule has 1 fully saturated rings. The molecule has 1 atom stereocenters. The maximum absolute atomic E-state index is 12.6. The van der Waals surface area contributed by atoms with Crippen molar-refractivity contribution in [2.75, 3.05) is 19.6 Å². The number of pyridine rings is 1. The average molecular weight is 434 g/mol. The van der Waals surface area contributed by atoms with E-state index in [0.717, 1.165) is 11.3 Å². The molecule has 2 aromatic rings. The Labute approximate surface area is 176 Å². The lowest BCUT2D eigenvalue weighted by Gasteiger charge is -2.18. The van der Waals surface area contributed by atoms with Gasteiger partial charge in [0, 0.05) is 31.8 Å². The van der Waals surface area contributed by atoms with E-state index in [1.54, 1.807) is 37.1 Å². The molecule has 162 valence electrons. The number of likely N-dealkylation sites (tertiary alicyclic amines) is 1. The molecule has 1 aromatic heterocycles. The van der Waals surface area contributed by atoms with Crippen LogP contribution in [-0.2, 0) is 21.9 Å². The average Bonchev–Trinajstić information content (AvgIpc) is 3.14. The van der Waals surface area contributed by atoms with Crippen molar-refractivity contribution in [1.29, 1.82) is 0 Å². The molecule has 0 bridgehead atoms. The minimum absolute atomic E-state index is 0.156. The van der Waals surface area contributed by atoms with Gasteiger partial charge in [-0.05, 0) is 44.0 Å². The first-order valence-electron chi connectivity index (χ1n) is 9.76.